The van der Waals surface area contributed by atoms with Gasteiger partial charge in [-0.05, 0) is 24.0 Å². The molecule has 2 aromatic carbocycles. The molecular weight excluding hydrogens is 306 g/mol. The molecule has 5 nitrogen and oxygen atoms in total. The zero-order valence-corrected chi connectivity index (χ0v) is 13.3. The minimum atomic E-state index is -1.03. The van der Waals surface area contributed by atoms with E-state index in [9.17, 15) is 19.9 Å². The minimum absolute atomic E-state index is 0.137. The van der Waals surface area contributed by atoms with Gasteiger partial charge in [-0.3, -0.25) is 14.8 Å². The first-order valence-corrected chi connectivity index (χ1v) is 7.86. The highest BCUT2D eigenvalue weighted by atomic mass is 16.5. The van der Waals surface area contributed by atoms with Crippen molar-refractivity contribution in [1.29, 1.82) is 0 Å². The molecule has 126 valence electrons. The molecule has 0 saturated heterocycles. The fourth-order valence-electron chi connectivity index (χ4n) is 2.46. The van der Waals surface area contributed by atoms with Crippen molar-refractivity contribution in [3.8, 4) is 0 Å². The van der Waals surface area contributed by atoms with E-state index in [1.165, 1.54) is 0 Å². The molecule has 0 bridgehead atoms. The van der Waals surface area contributed by atoms with Crippen LogP contribution in [-0.2, 0) is 22.4 Å². The summed E-state index contributed by atoms with van der Waals surface area (Å²) in [6.45, 7) is -0.224. The average Bonchev–Trinajstić information content (AvgIpc) is 2.60. The highest BCUT2D eigenvalue weighted by Crippen LogP contribution is 2.12. The van der Waals surface area contributed by atoms with Crippen molar-refractivity contribution in [2.45, 2.75) is 19.3 Å². The van der Waals surface area contributed by atoms with Crippen molar-refractivity contribution < 1.29 is 19.9 Å². The van der Waals surface area contributed by atoms with Crippen LogP contribution in [-0.4, -0.2) is 33.8 Å². The van der Waals surface area contributed by atoms with Crippen LogP contribution in [0.1, 0.15) is 17.5 Å². The average molecular weight is 327 g/mol. The molecule has 0 spiro atoms. The van der Waals surface area contributed by atoms with Crippen LogP contribution in [0.15, 0.2) is 60.7 Å². The highest BCUT2D eigenvalue weighted by Gasteiger charge is 2.23. The summed E-state index contributed by atoms with van der Waals surface area (Å²) in [6, 6.07) is 18.6. The monoisotopic (exact) mass is 327 g/mol. The summed E-state index contributed by atoms with van der Waals surface area (Å²) in [5, 5.41) is 19.8. The summed E-state index contributed by atoms with van der Waals surface area (Å²) < 4.78 is 0. The Morgan fingerprint density at radius 1 is 0.917 bits per heavy atom. The van der Waals surface area contributed by atoms with Gasteiger partial charge < -0.3 is 5.11 Å². The van der Waals surface area contributed by atoms with Gasteiger partial charge in [-0.25, -0.2) is 5.06 Å². The van der Waals surface area contributed by atoms with Crippen molar-refractivity contribution in [3.05, 3.63) is 71.8 Å². The molecule has 2 rings (SSSR count). The van der Waals surface area contributed by atoms with E-state index in [0.717, 1.165) is 11.1 Å². The number of hydroxylamine groups is 2. The van der Waals surface area contributed by atoms with Gasteiger partial charge in [0.15, 0.2) is 0 Å². The lowest BCUT2D eigenvalue weighted by Gasteiger charge is -2.20. The standard InChI is InChI=1S/C19H21NO4/c21-18(12-11-15-7-3-1-4-8-15)20(24)14-17(19(22)23)13-16-9-5-2-6-10-16/h1-10,17,24H,11-14H2,(H,22,23). The van der Waals surface area contributed by atoms with Crippen LogP contribution < -0.4 is 0 Å². The van der Waals surface area contributed by atoms with E-state index in [0.29, 0.717) is 11.5 Å². The number of aliphatic carboxylic acids is 1. The highest BCUT2D eigenvalue weighted by molar-refractivity contribution is 5.76. The molecule has 1 atom stereocenters. The van der Waals surface area contributed by atoms with Crippen LogP contribution in [0.5, 0.6) is 0 Å². The van der Waals surface area contributed by atoms with Crippen LogP contribution in [0.3, 0.4) is 0 Å². The second-order valence-corrected chi connectivity index (χ2v) is 5.69. The smallest absolute Gasteiger partial charge is 0.308 e. The molecule has 2 aromatic rings. The molecule has 1 unspecified atom stereocenters. The van der Waals surface area contributed by atoms with E-state index in [2.05, 4.69) is 0 Å². The third-order valence-corrected chi connectivity index (χ3v) is 3.83. The number of carbonyl (C=O) groups is 2. The summed E-state index contributed by atoms with van der Waals surface area (Å²) in [5.74, 6) is -2.36. The van der Waals surface area contributed by atoms with Crippen molar-refractivity contribution in [1.82, 2.24) is 5.06 Å². The lowest BCUT2D eigenvalue weighted by Crippen LogP contribution is -2.36. The molecule has 1 amide bonds. The molecule has 0 saturated carbocycles. The second-order valence-electron chi connectivity index (χ2n) is 5.69. The topological polar surface area (TPSA) is 77.8 Å². The number of carboxylic acid groups (broad SMARTS) is 1. The Bertz CT molecular complexity index is 658. The zero-order chi connectivity index (χ0) is 17.4. The Balaban J connectivity index is 1.88. The van der Waals surface area contributed by atoms with Crippen molar-refractivity contribution in [2.24, 2.45) is 5.92 Å². The Kier molecular flexibility index (Phi) is 6.51. The van der Waals surface area contributed by atoms with Gasteiger partial charge >= 0.3 is 5.97 Å². The summed E-state index contributed by atoms with van der Waals surface area (Å²) in [4.78, 5) is 23.4. The predicted molar refractivity (Wildman–Crippen MR) is 89.5 cm³/mol. The maximum Gasteiger partial charge on any atom is 0.308 e. The van der Waals surface area contributed by atoms with Crippen molar-refractivity contribution in [2.75, 3.05) is 6.54 Å². The van der Waals surface area contributed by atoms with E-state index in [-0.39, 0.29) is 19.4 Å². The molecule has 0 aliphatic carbocycles. The SMILES string of the molecule is O=C(O)C(Cc1ccccc1)CN(O)C(=O)CCc1ccccc1. The van der Waals surface area contributed by atoms with Crippen molar-refractivity contribution in [3.63, 3.8) is 0 Å². The lowest BCUT2D eigenvalue weighted by molar-refractivity contribution is -0.171. The van der Waals surface area contributed by atoms with E-state index in [1.807, 2.05) is 60.7 Å². The van der Waals surface area contributed by atoms with Gasteiger partial charge in [0, 0.05) is 6.42 Å². The summed E-state index contributed by atoms with van der Waals surface area (Å²) in [6.07, 6.45) is 0.907. The Morgan fingerprint density at radius 3 is 2.00 bits per heavy atom. The molecule has 24 heavy (non-hydrogen) atoms. The first kappa shape index (κ1) is 17.7. The molecule has 2 N–H and O–H groups in total. The van der Waals surface area contributed by atoms with Gasteiger partial charge in [0.05, 0.1) is 12.5 Å². The van der Waals surface area contributed by atoms with Gasteiger partial charge in [-0.15, -0.1) is 0 Å². The molecule has 0 fully saturated rings. The fourth-order valence-corrected chi connectivity index (χ4v) is 2.46. The number of rotatable bonds is 8. The number of hydrogen-bond acceptors (Lipinski definition) is 3. The van der Waals surface area contributed by atoms with Crippen LogP contribution >= 0.6 is 0 Å². The number of benzene rings is 2. The van der Waals surface area contributed by atoms with Gasteiger partial charge in [-0.2, -0.15) is 0 Å². The summed E-state index contributed by atoms with van der Waals surface area (Å²) >= 11 is 0. The molecular formula is C19H21NO4. The predicted octanol–water partition coefficient (Wildman–Crippen LogP) is 2.78. The first-order valence-electron chi connectivity index (χ1n) is 7.86. The second kappa shape index (κ2) is 8.84. The summed E-state index contributed by atoms with van der Waals surface area (Å²) in [7, 11) is 0. The number of aryl methyl sites for hydroxylation is 1. The quantitative estimate of drug-likeness (QED) is 0.577. The van der Waals surface area contributed by atoms with E-state index in [4.69, 9.17) is 0 Å². The normalized spacial score (nSPS) is 11.7. The number of nitrogens with zero attached hydrogens (tertiary/aromatic N) is 1. The zero-order valence-electron chi connectivity index (χ0n) is 13.3. The minimum Gasteiger partial charge on any atom is -0.481 e. The third kappa shape index (κ3) is 5.52. The van der Waals surface area contributed by atoms with E-state index < -0.39 is 17.8 Å². The van der Waals surface area contributed by atoms with E-state index >= 15 is 0 Å². The largest absolute Gasteiger partial charge is 0.481 e. The van der Waals surface area contributed by atoms with Gasteiger partial charge in [0.2, 0.25) is 5.91 Å². The third-order valence-electron chi connectivity index (χ3n) is 3.83. The van der Waals surface area contributed by atoms with Gasteiger partial charge in [0.1, 0.15) is 0 Å². The maximum absolute atomic E-state index is 12.0. The lowest BCUT2D eigenvalue weighted by atomic mass is 9.99. The molecule has 0 aromatic heterocycles. The molecule has 0 aliphatic rings. The number of carboxylic acids is 1. The first-order chi connectivity index (χ1) is 11.6. The van der Waals surface area contributed by atoms with Crippen LogP contribution in [0, 0.1) is 5.92 Å². The van der Waals surface area contributed by atoms with Gasteiger partial charge in [0.25, 0.3) is 0 Å². The molecule has 0 heterocycles. The number of carbonyl (C=O) groups excluding carboxylic acids is 1. The fraction of sp³-hybridized carbons (Fsp3) is 0.263. The summed E-state index contributed by atoms with van der Waals surface area (Å²) in [5.41, 5.74) is 1.85. The van der Waals surface area contributed by atoms with Crippen LogP contribution in [0.25, 0.3) is 0 Å². The Hall–Kier alpha value is -2.66. The number of hydrogen-bond donors (Lipinski definition) is 2. The van der Waals surface area contributed by atoms with Crippen molar-refractivity contribution >= 4 is 11.9 Å². The van der Waals surface area contributed by atoms with Gasteiger partial charge in [-0.1, -0.05) is 60.7 Å². The van der Waals surface area contributed by atoms with E-state index in [1.54, 1.807) is 0 Å². The molecule has 0 aliphatic heterocycles. The molecule has 0 radical (unpaired) electrons. The molecule has 5 heteroatoms. The Labute approximate surface area is 141 Å². The Morgan fingerprint density at radius 2 is 1.46 bits per heavy atom. The van der Waals surface area contributed by atoms with Crippen LogP contribution in [0.4, 0.5) is 0 Å². The number of amides is 1. The van der Waals surface area contributed by atoms with Crippen LogP contribution in [0.2, 0.25) is 0 Å². The maximum atomic E-state index is 12.0.